The van der Waals surface area contributed by atoms with Crippen molar-refractivity contribution in [1.29, 1.82) is 0 Å². The van der Waals surface area contributed by atoms with Gasteiger partial charge >= 0.3 is 0 Å². The van der Waals surface area contributed by atoms with Gasteiger partial charge in [0.05, 0.1) is 0 Å². The predicted molar refractivity (Wildman–Crippen MR) is 80.8 cm³/mol. The monoisotopic (exact) mass is 269 g/mol. The van der Waals surface area contributed by atoms with Gasteiger partial charge in [0.2, 0.25) is 0 Å². The van der Waals surface area contributed by atoms with Crippen molar-refractivity contribution in [2.24, 2.45) is 0 Å². The summed E-state index contributed by atoms with van der Waals surface area (Å²) >= 11 is 0. The second kappa shape index (κ2) is 10.7. The van der Waals surface area contributed by atoms with Gasteiger partial charge in [0.15, 0.2) is 5.79 Å². The van der Waals surface area contributed by atoms with Gasteiger partial charge in [0.1, 0.15) is 6.61 Å². The topological polar surface area (TPSA) is 21.8 Å². The van der Waals surface area contributed by atoms with Gasteiger partial charge in [0, 0.05) is 13.5 Å². The standard InChI is InChI=1S/C17H33O2/c1-3-4-5-6-7-8-9-10-11-12-13-14-15-17(18-2)16-19-17/h16H,3-15H2,1-2H3. The number of hydrogen-bond acceptors (Lipinski definition) is 2. The van der Waals surface area contributed by atoms with Crippen molar-refractivity contribution in [1.82, 2.24) is 0 Å². The smallest absolute Gasteiger partial charge is 0.198 e. The van der Waals surface area contributed by atoms with Crippen LogP contribution in [0.25, 0.3) is 0 Å². The van der Waals surface area contributed by atoms with Gasteiger partial charge in [-0.25, -0.2) is 0 Å². The largest absolute Gasteiger partial charge is 0.351 e. The molecular formula is C17H33O2. The molecule has 1 aliphatic heterocycles. The summed E-state index contributed by atoms with van der Waals surface area (Å²) in [6.07, 6.45) is 17.8. The highest BCUT2D eigenvalue weighted by Gasteiger charge is 2.45. The molecule has 2 heteroatoms. The minimum Gasteiger partial charge on any atom is -0.351 e. The highest BCUT2D eigenvalue weighted by Crippen LogP contribution is 2.38. The Hall–Kier alpha value is -0.0800. The molecule has 1 heterocycles. The molecule has 0 amide bonds. The third-order valence-electron chi connectivity index (χ3n) is 4.11. The lowest BCUT2D eigenvalue weighted by Crippen LogP contribution is -2.11. The maximum atomic E-state index is 5.27. The third-order valence-corrected chi connectivity index (χ3v) is 4.11. The Labute approximate surface area is 120 Å². The molecule has 1 rings (SSSR count). The molecule has 0 bridgehead atoms. The van der Waals surface area contributed by atoms with Crippen molar-refractivity contribution in [3.63, 3.8) is 0 Å². The highest BCUT2D eigenvalue weighted by atomic mass is 16.8. The van der Waals surface area contributed by atoms with E-state index in [1.54, 1.807) is 7.11 Å². The molecule has 1 fully saturated rings. The van der Waals surface area contributed by atoms with Gasteiger partial charge in [-0.2, -0.15) is 0 Å². The van der Waals surface area contributed by atoms with E-state index in [0.717, 1.165) is 6.42 Å². The highest BCUT2D eigenvalue weighted by molar-refractivity contribution is 4.93. The molecule has 0 aromatic heterocycles. The molecule has 1 aliphatic rings. The fraction of sp³-hybridized carbons (Fsp3) is 0.941. The van der Waals surface area contributed by atoms with Crippen molar-refractivity contribution in [3.05, 3.63) is 6.61 Å². The molecule has 0 N–H and O–H groups in total. The van der Waals surface area contributed by atoms with Gasteiger partial charge < -0.3 is 9.47 Å². The normalized spacial score (nSPS) is 21.8. The average molecular weight is 269 g/mol. The minimum absolute atomic E-state index is 0.293. The fourth-order valence-corrected chi connectivity index (χ4v) is 2.59. The lowest BCUT2D eigenvalue weighted by atomic mass is 10.0. The van der Waals surface area contributed by atoms with Gasteiger partial charge in [-0.3, -0.25) is 0 Å². The summed E-state index contributed by atoms with van der Waals surface area (Å²) in [5.74, 6) is -0.293. The van der Waals surface area contributed by atoms with Crippen LogP contribution in [-0.2, 0) is 9.47 Å². The first kappa shape index (κ1) is 17.0. The molecule has 0 saturated carbocycles. The Kier molecular flexibility index (Phi) is 9.54. The van der Waals surface area contributed by atoms with E-state index < -0.39 is 0 Å². The molecule has 1 radical (unpaired) electrons. The van der Waals surface area contributed by atoms with E-state index in [1.165, 1.54) is 77.0 Å². The molecule has 113 valence electrons. The van der Waals surface area contributed by atoms with Crippen LogP contribution >= 0.6 is 0 Å². The molecule has 0 aliphatic carbocycles. The van der Waals surface area contributed by atoms with Crippen LogP contribution in [0.15, 0.2) is 0 Å². The number of methoxy groups -OCH3 is 1. The number of hydrogen-bond donors (Lipinski definition) is 0. The minimum atomic E-state index is -0.293. The zero-order valence-corrected chi connectivity index (χ0v) is 13.1. The maximum Gasteiger partial charge on any atom is 0.198 e. The molecule has 1 atom stereocenters. The molecule has 0 aromatic rings. The number of ether oxygens (including phenoxy) is 2. The second-order valence-electron chi connectivity index (χ2n) is 5.89. The van der Waals surface area contributed by atoms with Crippen molar-refractivity contribution in [2.45, 2.75) is 96.2 Å². The van der Waals surface area contributed by atoms with E-state index in [-0.39, 0.29) is 5.79 Å². The van der Waals surface area contributed by atoms with Gasteiger partial charge in [-0.1, -0.05) is 77.6 Å². The SMILES string of the molecule is CCCCCCCCCCCCCCC1(OC)[CH]O1. The van der Waals surface area contributed by atoms with Crippen LogP contribution in [0.4, 0.5) is 0 Å². The van der Waals surface area contributed by atoms with Crippen LogP contribution in [0.5, 0.6) is 0 Å². The van der Waals surface area contributed by atoms with Gasteiger partial charge in [0.25, 0.3) is 0 Å². The maximum absolute atomic E-state index is 5.27. The predicted octanol–water partition coefficient (Wildman–Crippen LogP) is 5.61. The van der Waals surface area contributed by atoms with E-state index >= 15 is 0 Å². The zero-order chi connectivity index (χ0) is 13.8. The molecule has 1 saturated heterocycles. The van der Waals surface area contributed by atoms with Gasteiger partial charge in [-0.05, 0) is 6.42 Å². The molecule has 1 unspecified atom stereocenters. The number of unbranched alkanes of at least 4 members (excludes halogenated alkanes) is 11. The number of epoxide rings is 1. The summed E-state index contributed by atoms with van der Waals surface area (Å²) in [4.78, 5) is 0. The molecule has 0 aromatic carbocycles. The molecule has 2 nitrogen and oxygen atoms in total. The van der Waals surface area contributed by atoms with E-state index in [1.807, 2.05) is 6.61 Å². The third kappa shape index (κ3) is 8.65. The van der Waals surface area contributed by atoms with E-state index in [0.29, 0.717) is 0 Å². The average Bonchev–Trinajstić information content (AvgIpc) is 3.21. The van der Waals surface area contributed by atoms with E-state index in [2.05, 4.69) is 6.92 Å². The first-order valence-corrected chi connectivity index (χ1v) is 8.40. The summed E-state index contributed by atoms with van der Waals surface area (Å²) in [5.41, 5.74) is 0. The van der Waals surface area contributed by atoms with Crippen molar-refractivity contribution < 1.29 is 9.47 Å². The van der Waals surface area contributed by atoms with Crippen LogP contribution in [0.3, 0.4) is 0 Å². The second-order valence-corrected chi connectivity index (χ2v) is 5.89. The van der Waals surface area contributed by atoms with Crippen LogP contribution < -0.4 is 0 Å². The van der Waals surface area contributed by atoms with E-state index in [9.17, 15) is 0 Å². The molecule has 0 spiro atoms. The Bertz CT molecular complexity index is 199. The quantitative estimate of drug-likeness (QED) is 0.302. The van der Waals surface area contributed by atoms with Crippen LogP contribution in [0.1, 0.15) is 90.4 Å². The summed E-state index contributed by atoms with van der Waals surface area (Å²) in [7, 11) is 1.73. The Morgan fingerprint density at radius 1 is 0.789 bits per heavy atom. The summed E-state index contributed by atoms with van der Waals surface area (Å²) in [5, 5.41) is 0. The van der Waals surface area contributed by atoms with Crippen molar-refractivity contribution in [2.75, 3.05) is 7.11 Å². The van der Waals surface area contributed by atoms with E-state index in [4.69, 9.17) is 9.47 Å². The molecule has 19 heavy (non-hydrogen) atoms. The summed E-state index contributed by atoms with van der Waals surface area (Å²) in [6.45, 7) is 4.09. The Morgan fingerprint density at radius 3 is 1.58 bits per heavy atom. The van der Waals surface area contributed by atoms with Crippen molar-refractivity contribution in [3.8, 4) is 0 Å². The Balaban J connectivity index is 1.70. The zero-order valence-electron chi connectivity index (χ0n) is 13.1. The van der Waals surface area contributed by atoms with Crippen LogP contribution in [0.2, 0.25) is 0 Å². The first-order valence-electron chi connectivity index (χ1n) is 8.40. The summed E-state index contributed by atoms with van der Waals surface area (Å²) in [6, 6.07) is 0. The lowest BCUT2D eigenvalue weighted by molar-refractivity contribution is -0.0175. The Morgan fingerprint density at radius 2 is 1.21 bits per heavy atom. The van der Waals surface area contributed by atoms with Gasteiger partial charge in [-0.15, -0.1) is 0 Å². The first-order chi connectivity index (χ1) is 9.33. The van der Waals surface area contributed by atoms with Crippen LogP contribution in [0, 0.1) is 6.61 Å². The number of rotatable bonds is 14. The summed E-state index contributed by atoms with van der Waals surface area (Å²) < 4.78 is 10.5. The lowest BCUT2D eigenvalue weighted by Gasteiger charge is -2.08. The van der Waals surface area contributed by atoms with Crippen LogP contribution in [-0.4, -0.2) is 12.9 Å². The van der Waals surface area contributed by atoms with Crippen molar-refractivity contribution >= 4 is 0 Å². The fourth-order valence-electron chi connectivity index (χ4n) is 2.59. The molecular weight excluding hydrogens is 236 g/mol.